The molecule has 2 aromatic heterocycles. The molecular formula is C46H52N8O8. The Balaban J connectivity index is 1.00. The van der Waals surface area contributed by atoms with Crippen molar-refractivity contribution in [2.75, 3.05) is 34.4 Å². The van der Waals surface area contributed by atoms with E-state index in [2.05, 4.69) is 57.7 Å². The number of nitrogens with one attached hydrogen (secondary N) is 3. The van der Waals surface area contributed by atoms with E-state index < -0.39 is 41.9 Å². The maximum atomic E-state index is 13.8. The Morgan fingerprint density at radius 3 is 1.69 bits per heavy atom. The summed E-state index contributed by atoms with van der Waals surface area (Å²) in [6, 6.07) is 22.0. The summed E-state index contributed by atoms with van der Waals surface area (Å²) in [6.07, 6.45) is 0.294. The molecule has 16 heteroatoms. The Morgan fingerprint density at radius 2 is 1.24 bits per heavy atom. The van der Waals surface area contributed by atoms with Gasteiger partial charge in [0, 0.05) is 27.2 Å². The number of fused-ring (bicyclic) bond motifs is 3. The van der Waals surface area contributed by atoms with Crippen molar-refractivity contribution in [2.24, 2.45) is 0 Å². The summed E-state index contributed by atoms with van der Waals surface area (Å²) in [5, 5.41) is 25.1. The number of aromatic amines is 2. The van der Waals surface area contributed by atoms with E-state index in [1.54, 1.807) is 16.7 Å². The quantitative estimate of drug-likeness (QED) is 0.0926. The number of aliphatic hydroxyl groups is 1. The van der Waals surface area contributed by atoms with Crippen LogP contribution in [0.4, 0.5) is 9.59 Å². The van der Waals surface area contributed by atoms with Crippen LogP contribution < -0.4 is 5.32 Å². The number of ether oxygens (including phenoxy) is 2. The molecule has 5 atom stereocenters. The smallest absolute Gasteiger partial charge is 0.407 e. The fourth-order valence-corrected chi connectivity index (χ4v) is 8.94. The van der Waals surface area contributed by atoms with Crippen LogP contribution in [-0.2, 0) is 19.1 Å². The molecule has 8 rings (SSSR count). The number of alkyl carbamates (subject to hydrolysis) is 1. The lowest BCUT2D eigenvalue weighted by Gasteiger charge is -2.34. The number of hydrogen-bond acceptors (Lipinski definition) is 9. The van der Waals surface area contributed by atoms with E-state index in [9.17, 15) is 29.4 Å². The molecule has 0 unspecified atom stereocenters. The zero-order valence-corrected chi connectivity index (χ0v) is 35.6. The minimum Gasteiger partial charge on any atom is -0.465 e. The lowest BCUT2D eigenvalue weighted by Crippen LogP contribution is -2.58. The maximum absolute atomic E-state index is 13.8. The number of carbonyl (C=O) groups is 4. The highest BCUT2D eigenvalue weighted by Crippen LogP contribution is 2.37. The van der Waals surface area contributed by atoms with E-state index >= 15 is 0 Å². The molecule has 4 amide bonds. The molecule has 0 spiro atoms. The van der Waals surface area contributed by atoms with Crippen LogP contribution in [0.25, 0.3) is 55.1 Å². The first-order valence-corrected chi connectivity index (χ1v) is 20.9. The molecule has 0 saturated carbocycles. The molecule has 4 heterocycles. The number of methoxy groups -OCH3 is 2. The van der Waals surface area contributed by atoms with Crippen LogP contribution in [0.2, 0.25) is 0 Å². The highest BCUT2D eigenvalue weighted by atomic mass is 16.5. The van der Waals surface area contributed by atoms with E-state index in [4.69, 9.17) is 19.4 Å². The van der Waals surface area contributed by atoms with Crippen LogP contribution >= 0.6 is 0 Å². The molecule has 6 aromatic rings. The van der Waals surface area contributed by atoms with Crippen LogP contribution in [0.5, 0.6) is 0 Å². The predicted molar refractivity (Wildman–Crippen MR) is 233 cm³/mol. The predicted octanol–water partition coefficient (Wildman–Crippen LogP) is 6.76. The molecule has 0 aliphatic carbocycles. The highest BCUT2D eigenvalue weighted by molar-refractivity contribution is 5.93. The van der Waals surface area contributed by atoms with Gasteiger partial charge in [-0.15, -0.1) is 0 Å². The fourth-order valence-electron chi connectivity index (χ4n) is 8.94. The number of aromatic nitrogens is 4. The Kier molecular flexibility index (Phi) is 11.4. The maximum Gasteiger partial charge on any atom is 0.407 e. The third-order valence-electron chi connectivity index (χ3n) is 12.4. The monoisotopic (exact) mass is 844 g/mol. The van der Waals surface area contributed by atoms with Crippen molar-refractivity contribution in [1.29, 1.82) is 0 Å². The van der Waals surface area contributed by atoms with Crippen molar-refractivity contribution >= 4 is 56.8 Å². The number of carbonyl (C=O) groups excluding carboxylic acids is 3. The summed E-state index contributed by atoms with van der Waals surface area (Å²) in [5.41, 5.74) is 5.74. The normalized spacial score (nSPS) is 18.3. The van der Waals surface area contributed by atoms with Crippen LogP contribution in [0.15, 0.2) is 72.8 Å². The Bertz CT molecular complexity index is 2690. The molecule has 0 bridgehead atoms. The second kappa shape index (κ2) is 16.7. The van der Waals surface area contributed by atoms with Crippen molar-refractivity contribution in [1.82, 2.24) is 40.0 Å². The standard InChI is InChI=1S/C46H52N8O8/c1-25(61-5)38(52(4)45(58)59)42(55)53-19-7-9-36(53)40-47-32-17-15-30(23-34(32)49-40)28-13-11-27-22-29(14-12-26(27)21-28)31-16-18-33-35(24-31)50-41(48-33)37-10-8-20-54(37)43(56)39(46(2,3)60)51-44(57)62-6/h11-18,21-25,36-39,60H,7-10,19-20H2,1-6H3,(H,47,49)(H,48,50)(H,51,57)(H,58,59)/t25-,36+,37+,38+,39-/m1/s1. The first-order chi connectivity index (χ1) is 29.6. The lowest BCUT2D eigenvalue weighted by atomic mass is 9.97. The lowest BCUT2D eigenvalue weighted by molar-refractivity contribution is -0.141. The summed E-state index contributed by atoms with van der Waals surface area (Å²) < 4.78 is 10.1. The minimum absolute atomic E-state index is 0.306. The molecule has 4 aromatic carbocycles. The van der Waals surface area contributed by atoms with Crippen molar-refractivity contribution in [3.05, 3.63) is 84.4 Å². The summed E-state index contributed by atoms with van der Waals surface area (Å²) in [4.78, 5) is 72.5. The van der Waals surface area contributed by atoms with Gasteiger partial charge in [-0.3, -0.25) is 14.5 Å². The van der Waals surface area contributed by atoms with Gasteiger partial charge in [0.1, 0.15) is 23.7 Å². The van der Waals surface area contributed by atoms with Crippen molar-refractivity contribution in [3.63, 3.8) is 0 Å². The third kappa shape index (κ3) is 8.02. The van der Waals surface area contributed by atoms with Gasteiger partial charge in [-0.05, 0) is 116 Å². The molecule has 2 fully saturated rings. The van der Waals surface area contributed by atoms with Crippen LogP contribution in [0, 0.1) is 0 Å². The van der Waals surface area contributed by atoms with E-state index in [0.717, 1.165) is 72.8 Å². The molecule has 2 aliphatic heterocycles. The zero-order valence-electron chi connectivity index (χ0n) is 35.6. The molecule has 0 radical (unpaired) electrons. The summed E-state index contributed by atoms with van der Waals surface area (Å²) in [5.74, 6) is 0.605. The number of likely N-dealkylation sites (tertiary alicyclic amines) is 2. The molecule has 324 valence electrons. The molecule has 62 heavy (non-hydrogen) atoms. The van der Waals surface area contributed by atoms with E-state index in [-0.39, 0.29) is 18.0 Å². The van der Waals surface area contributed by atoms with Gasteiger partial charge in [-0.25, -0.2) is 19.6 Å². The second-order valence-electron chi connectivity index (χ2n) is 16.9. The number of rotatable bonds is 11. The number of hydrogen-bond donors (Lipinski definition) is 5. The van der Waals surface area contributed by atoms with Crippen molar-refractivity contribution < 1.29 is 38.9 Å². The van der Waals surface area contributed by atoms with Gasteiger partial charge < -0.3 is 44.8 Å². The number of benzene rings is 4. The largest absolute Gasteiger partial charge is 0.465 e. The molecule has 16 nitrogen and oxygen atoms in total. The summed E-state index contributed by atoms with van der Waals surface area (Å²) in [6.45, 7) is 5.62. The number of nitrogens with zero attached hydrogens (tertiary/aromatic N) is 5. The van der Waals surface area contributed by atoms with E-state index in [1.165, 1.54) is 35.1 Å². The van der Waals surface area contributed by atoms with E-state index in [1.807, 2.05) is 30.3 Å². The van der Waals surface area contributed by atoms with E-state index in [0.29, 0.717) is 37.6 Å². The van der Waals surface area contributed by atoms with Crippen LogP contribution in [-0.4, -0.2) is 127 Å². The second-order valence-corrected chi connectivity index (χ2v) is 16.9. The molecule has 2 saturated heterocycles. The van der Waals surface area contributed by atoms with Crippen molar-refractivity contribution in [3.8, 4) is 22.3 Å². The number of carboxylic acid groups (broad SMARTS) is 1. The topological polar surface area (TPSA) is 206 Å². The molecule has 2 aliphatic rings. The van der Waals surface area contributed by atoms with Crippen LogP contribution in [0.1, 0.15) is 70.2 Å². The van der Waals surface area contributed by atoms with Gasteiger partial charge in [0.05, 0.1) is 53.0 Å². The number of amides is 4. The first-order valence-electron chi connectivity index (χ1n) is 20.9. The Morgan fingerprint density at radius 1 is 0.774 bits per heavy atom. The highest BCUT2D eigenvalue weighted by Gasteiger charge is 2.43. The summed E-state index contributed by atoms with van der Waals surface area (Å²) >= 11 is 0. The van der Waals surface area contributed by atoms with Gasteiger partial charge in [0.25, 0.3) is 0 Å². The van der Waals surface area contributed by atoms with Gasteiger partial charge >= 0.3 is 12.2 Å². The average molecular weight is 845 g/mol. The van der Waals surface area contributed by atoms with Gasteiger partial charge in [0.2, 0.25) is 11.8 Å². The van der Waals surface area contributed by atoms with Crippen LogP contribution in [0.3, 0.4) is 0 Å². The zero-order chi connectivity index (χ0) is 44.0. The third-order valence-corrected chi connectivity index (χ3v) is 12.4. The first kappa shape index (κ1) is 42.2. The number of likely N-dealkylation sites (N-methyl/N-ethyl adjacent to an activating group) is 1. The van der Waals surface area contributed by atoms with Gasteiger partial charge in [-0.1, -0.05) is 36.4 Å². The Labute approximate surface area is 358 Å². The molecule has 5 N–H and O–H groups in total. The molecular weight excluding hydrogens is 793 g/mol. The van der Waals surface area contributed by atoms with Crippen molar-refractivity contribution in [2.45, 2.75) is 82.3 Å². The van der Waals surface area contributed by atoms with Gasteiger partial charge in [-0.2, -0.15) is 0 Å². The minimum atomic E-state index is -1.52. The average Bonchev–Trinajstić information content (AvgIpc) is 4.09. The number of imidazole rings is 2. The Hall–Kier alpha value is -6.52. The van der Waals surface area contributed by atoms with Gasteiger partial charge in [0.15, 0.2) is 0 Å². The summed E-state index contributed by atoms with van der Waals surface area (Å²) in [7, 11) is 4.07. The fraction of sp³-hybridized carbons (Fsp3) is 0.391. The number of H-pyrrole nitrogens is 2. The SMILES string of the molecule is COC(=O)N[C@H](C(=O)N1CCC[C@H]1c1nc2cc(-c3ccc4cc(-c5ccc6[nH]c([C@@H]7CCCN7C(=O)[C@H]([C@@H](C)OC)N(C)C(=O)O)nc6c5)ccc4c3)ccc2[nH]1)C(C)(C)O.